The van der Waals surface area contributed by atoms with Crippen LogP contribution in [0.5, 0.6) is 0 Å². The van der Waals surface area contributed by atoms with Gasteiger partial charge in [0.05, 0.1) is 10.8 Å². The van der Waals surface area contributed by atoms with E-state index >= 15 is 0 Å². The Balaban J connectivity index is 1.54. The van der Waals surface area contributed by atoms with Crippen LogP contribution < -0.4 is 0 Å². The Morgan fingerprint density at radius 2 is 1.81 bits per heavy atom. The van der Waals surface area contributed by atoms with E-state index in [1.807, 2.05) is 26.0 Å². The minimum Gasteiger partial charge on any atom is -0.455 e. The molecule has 0 atom stereocenters. The van der Waals surface area contributed by atoms with Gasteiger partial charge in [-0.3, -0.25) is 4.79 Å². The molecule has 1 aliphatic rings. The summed E-state index contributed by atoms with van der Waals surface area (Å²) in [7, 11) is -3.59. The number of hydrogen-bond donors (Lipinski definition) is 0. The van der Waals surface area contributed by atoms with E-state index in [1.165, 1.54) is 4.31 Å². The molecule has 0 aliphatic carbocycles. The third-order valence-corrected chi connectivity index (χ3v) is 7.40. The molecule has 31 heavy (non-hydrogen) atoms. The number of rotatable bonds is 6. The molecule has 1 fully saturated rings. The number of benzene rings is 1. The minimum absolute atomic E-state index is 0.0431. The Hall–Kier alpha value is -2.26. The molecule has 2 heterocycles. The van der Waals surface area contributed by atoms with E-state index in [0.29, 0.717) is 18.7 Å². The summed E-state index contributed by atoms with van der Waals surface area (Å²) in [6, 6.07) is 7.04. The quantitative estimate of drug-likeness (QED) is 0.620. The van der Waals surface area contributed by atoms with Gasteiger partial charge in [0, 0.05) is 19.0 Å². The van der Waals surface area contributed by atoms with Crippen molar-refractivity contribution in [2.24, 2.45) is 5.92 Å². The van der Waals surface area contributed by atoms with Gasteiger partial charge in [0.2, 0.25) is 10.0 Å². The minimum atomic E-state index is -3.59. The van der Waals surface area contributed by atoms with Crippen molar-refractivity contribution in [2.45, 2.75) is 70.3 Å². The molecule has 0 saturated carbocycles. The van der Waals surface area contributed by atoms with Crippen molar-refractivity contribution in [3.05, 3.63) is 41.5 Å². The predicted octanol–water partition coefficient (Wildman–Crippen LogP) is 3.63. The lowest BCUT2D eigenvalue weighted by molar-refractivity contribution is -0.152. The van der Waals surface area contributed by atoms with E-state index in [1.54, 1.807) is 12.1 Å². The van der Waals surface area contributed by atoms with Crippen LogP contribution in [0.1, 0.15) is 70.7 Å². The maximum Gasteiger partial charge on any atom is 0.309 e. The van der Waals surface area contributed by atoms with Gasteiger partial charge in [-0.25, -0.2) is 8.42 Å². The van der Waals surface area contributed by atoms with Crippen LogP contribution in [0.3, 0.4) is 0 Å². The third kappa shape index (κ3) is 5.51. The van der Waals surface area contributed by atoms with Gasteiger partial charge >= 0.3 is 5.97 Å². The molecule has 8 nitrogen and oxygen atoms in total. The Kier molecular flexibility index (Phi) is 6.85. The zero-order valence-corrected chi connectivity index (χ0v) is 19.6. The van der Waals surface area contributed by atoms with Crippen LogP contribution >= 0.6 is 0 Å². The molecule has 2 aromatic rings. The summed E-state index contributed by atoms with van der Waals surface area (Å²) in [5.41, 5.74) is 1.04. The van der Waals surface area contributed by atoms with Gasteiger partial charge < -0.3 is 9.26 Å². The van der Waals surface area contributed by atoms with Crippen molar-refractivity contribution in [1.82, 2.24) is 14.4 Å². The monoisotopic (exact) mass is 449 g/mol. The first-order valence-corrected chi connectivity index (χ1v) is 12.0. The van der Waals surface area contributed by atoms with E-state index in [9.17, 15) is 13.2 Å². The fraction of sp³-hybridized carbons (Fsp3) is 0.591. The zero-order chi connectivity index (χ0) is 22.8. The zero-order valence-electron chi connectivity index (χ0n) is 18.8. The van der Waals surface area contributed by atoms with Crippen molar-refractivity contribution in [2.75, 3.05) is 13.1 Å². The summed E-state index contributed by atoms with van der Waals surface area (Å²) >= 11 is 0. The summed E-state index contributed by atoms with van der Waals surface area (Å²) in [6.45, 7) is 10.6. The molecule has 1 saturated heterocycles. The van der Waals surface area contributed by atoms with Crippen LogP contribution in [-0.2, 0) is 31.6 Å². The Morgan fingerprint density at radius 3 is 2.32 bits per heavy atom. The highest BCUT2D eigenvalue weighted by Crippen LogP contribution is 2.27. The lowest BCUT2D eigenvalue weighted by Gasteiger charge is -2.30. The van der Waals surface area contributed by atoms with E-state index in [4.69, 9.17) is 9.26 Å². The molecule has 0 spiro atoms. The van der Waals surface area contributed by atoms with Gasteiger partial charge in [0.1, 0.15) is 0 Å². The Bertz CT molecular complexity index is 999. The number of nitrogens with zero attached hydrogens (tertiary/aromatic N) is 3. The van der Waals surface area contributed by atoms with E-state index < -0.39 is 10.0 Å². The van der Waals surface area contributed by atoms with Gasteiger partial charge in [0.15, 0.2) is 12.4 Å². The summed E-state index contributed by atoms with van der Waals surface area (Å²) in [4.78, 5) is 16.9. The number of aromatic nitrogens is 2. The molecule has 0 bridgehead atoms. The lowest BCUT2D eigenvalue weighted by Crippen LogP contribution is -2.40. The normalized spacial score (nSPS) is 16.6. The fourth-order valence-electron chi connectivity index (χ4n) is 3.42. The van der Waals surface area contributed by atoms with Gasteiger partial charge in [-0.05, 0) is 36.0 Å². The fourth-order valence-corrected chi connectivity index (χ4v) is 4.89. The van der Waals surface area contributed by atoms with Gasteiger partial charge in [-0.2, -0.15) is 9.29 Å². The smallest absolute Gasteiger partial charge is 0.309 e. The maximum atomic E-state index is 13.0. The van der Waals surface area contributed by atoms with Crippen molar-refractivity contribution in [3.63, 3.8) is 0 Å². The molecule has 0 radical (unpaired) electrons. The van der Waals surface area contributed by atoms with Crippen LogP contribution in [0.15, 0.2) is 33.7 Å². The number of ether oxygens (including phenoxy) is 1. The molecular formula is C22H31N3O5S. The lowest BCUT2D eigenvalue weighted by atomic mass is 9.87. The maximum absolute atomic E-state index is 13.0. The molecule has 3 rings (SSSR count). The molecule has 0 unspecified atom stereocenters. The van der Waals surface area contributed by atoms with Gasteiger partial charge in [0.25, 0.3) is 5.89 Å². The highest BCUT2D eigenvalue weighted by atomic mass is 32.2. The first kappa shape index (κ1) is 23.4. The Labute approximate surface area is 184 Å². The molecule has 9 heteroatoms. The predicted molar refractivity (Wildman–Crippen MR) is 115 cm³/mol. The average Bonchev–Trinajstić information content (AvgIpc) is 3.21. The molecule has 0 amide bonds. The summed E-state index contributed by atoms with van der Waals surface area (Å²) in [6.07, 6.45) is 0.832. The largest absolute Gasteiger partial charge is 0.455 e. The molecule has 1 aliphatic heterocycles. The first-order valence-electron chi connectivity index (χ1n) is 10.6. The van der Waals surface area contributed by atoms with Crippen LogP contribution in [0.4, 0.5) is 0 Å². The summed E-state index contributed by atoms with van der Waals surface area (Å²) in [5, 5.41) is 3.84. The topological polar surface area (TPSA) is 103 Å². The second-order valence-electron chi connectivity index (χ2n) is 9.26. The van der Waals surface area contributed by atoms with Gasteiger partial charge in [-0.1, -0.05) is 51.9 Å². The summed E-state index contributed by atoms with van der Waals surface area (Å²) in [5.74, 6) is 0.248. The van der Waals surface area contributed by atoms with Crippen molar-refractivity contribution in [3.8, 4) is 0 Å². The van der Waals surface area contributed by atoms with E-state index in [-0.39, 0.29) is 53.7 Å². The second kappa shape index (κ2) is 9.08. The van der Waals surface area contributed by atoms with Crippen molar-refractivity contribution in [1.29, 1.82) is 0 Å². The highest BCUT2D eigenvalue weighted by Gasteiger charge is 2.33. The van der Waals surface area contributed by atoms with Crippen LogP contribution in [0, 0.1) is 5.92 Å². The molecule has 170 valence electrons. The second-order valence-corrected chi connectivity index (χ2v) is 11.2. The number of piperidine rings is 1. The molecule has 1 aromatic heterocycles. The van der Waals surface area contributed by atoms with Crippen LogP contribution in [0.2, 0.25) is 0 Å². The number of carbonyl (C=O) groups is 1. The molecule has 0 N–H and O–H groups in total. The molecule has 1 aromatic carbocycles. The number of carbonyl (C=O) groups excluding carboxylic acids is 1. The van der Waals surface area contributed by atoms with Gasteiger partial charge in [-0.15, -0.1) is 0 Å². The highest BCUT2D eigenvalue weighted by molar-refractivity contribution is 7.89. The standard InChI is InChI=1S/C22H31N3O5S/c1-15(2)20-23-19(30-24-20)14-29-21(26)16-10-12-25(13-11-16)31(27,28)18-8-6-17(7-9-18)22(3,4)5/h6-9,15-16H,10-14H2,1-5H3. The first-order chi connectivity index (χ1) is 14.5. The van der Waals surface area contributed by atoms with Crippen molar-refractivity contribution < 1.29 is 22.5 Å². The molecular weight excluding hydrogens is 418 g/mol. The Morgan fingerprint density at radius 1 is 1.19 bits per heavy atom. The van der Waals surface area contributed by atoms with E-state index in [2.05, 4.69) is 30.9 Å². The number of esters is 1. The van der Waals surface area contributed by atoms with Crippen LogP contribution in [-0.4, -0.2) is 41.9 Å². The van der Waals surface area contributed by atoms with Crippen molar-refractivity contribution >= 4 is 16.0 Å². The summed E-state index contributed by atoms with van der Waals surface area (Å²) < 4.78 is 37.8. The number of hydrogen-bond acceptors (Lipinski definition) is 7. The number of sulfonamides is 1. The van der Waals surface area contributed by atoms with E-state index in [0.717, 1.165) is 5.56 Å². The van der Waals surface area contributed by atoms with Crippen LogP contribution in [0.25, 0.3) is 0 Å². The average molecular weight is 450 g/mol. The SMILES string of the molecule is CC(C)c1noc(COC(=O)C2CCN(S(=O)(=O)c3ccc(C(C)(C)C)cc3)CC2)n1. The third-order valence-electron chi connectivity index (χ3n) is 5.48.